The number of rotatable bonds is 2. The molecule has 112 valence electrons. The molecule has 0 fully saturated rings. The Balaban J connectivity index is 2.18. The molecular weight excluding hydrogens is 307 g/mol. The molecule has 0 aliphatic carbocycles. The monoisotopic (exact) mass is 317 g/mol. The van der Waals surface area contributed by atoms with Crippen molar-refractivity contribution >= 4 is 34.4 Å². The Bertz CT molecular complexity index is 616. The zero-order valence-corrected chi connectivity index (χ0v) is 11.3. The average Bonchev–Trinajstić information content (AvgIpc) is 2.37. The predicted molar refractivity (Wildman–Crippen MR) is 72.7 cm³/mol. The van der Waals surface area contributed by atoms with Crippen molar-refractivity contribution in [3.8, 4) is 0 Å². The highest BCUT2D eigenvalue weighted by Gasteiger charge is 2.35. The average molecular weight is 317 g/mol. The van der Waals surface area contributed by atoms with E-state index in [1.807, 2.05) is 0 Å². The highest BCUT2D eigenvalue weighted by Crippen LogP contribution is 2.35. The van der Waals surface area contributed by atoms with Gasteiger partial charge in [0, 0.05) is 0 Å². The second-order valence-electron chi connectivity index (χ2n) is 4.19. The first-order valence-corrected chi connectivity index (χ1v) is 6.66. The Morgan fingerprint density at radius 1 is 1.38 bits per heavy atom. The molecular formula is C12H10F3N3O2S. The van der Waals surface area contributed by atoms with E-state index in [1.54, 1.807) is 0 Å². The van der Waals surface area contributed by atoms with E-state index < -0.39 is 28.8 Å². The van der Waals surface area contributed by atoms with E-state index in [0.29, 0.717) is 0 Å². The fraction of sp³-hybridized carbons (Fsp3) is 0.250. The summed E-state index contributed by atoms with van der Waals surface area (Å²) >= 11 is 0.844. The van der Waals surface area contributed by atoms with Crippen molar-refractivity contribution in [1.82, 2.24) is 0 Å². The number of nitrogens with zero attached hydrogens (tertiary/aromatic N) is 1. The number of amidine groups is 1. The summed E-state index contributed by atoms with van der Waals surface area (Å²) < 4.78 is 38.4. The number of alkyl halides is 3. The summed E-state index contributed by atoms with van der Waals surface area (Å²) in [6.45, 7) is 0. The molecule has 0 bridgehead atoms. The quantitative estimate of drug-likeness (QED) is 0.873. The number of nitrogens with two attached hydrogens (primary N) is 1. The van der Waals surface area contributed by atoms with Crippen LogP contribution in [-0.4, -0.2) is 22.2 Å². The Hall–Kier alpha value is -2.03. The number of thioether (sulfide) groups is 1. The molecule has 0 aromatic heterocycles. The lowest BCUT2D eigenvalue weighted by Gasteiger charge is -2.19. The first kappa shape index (κ1) is 15.4. The van der Waals surface area contributed by atoms with Gasteiger partial charge in [0.25, 0.3) is 0 Å². The third-order valence-corrected chi connectivity index (χ3v) is 3.64. The molecule has 0 saturated heterocycles. The number of anilines is 1. The molecule has 1 atom stereocenters. The number of aliphatic imine (C=N–C) groups is 1. The van der Waals surface area contributed by atoms with Crippen molar-refractivity contribution in [2.24, 2.45) is 10.7 Å². The predicted octanol–water partition coefficient (Wildman–Crippen LogP) is 1.99. The van der Waals surface area contributed by atoms with Gasteiger partial charge < -0.3 is 11.1 Å². The molecule has 0 radical (unpaired) electrons. The first-order valence-electron chi connectivity index (χ1n) is 5.78. The highest BCUT2D eigenvalue weighted by atomic mass is 32.2. The molecule has 21 heavy (non-hydrogen) atoms. The van der Waals surface area contributed by atoms with Gasteiger partial charge in [-0.2, -0.15) is 18.2 Å². The Kier molecular flexibility index (Phi) is 4.21. The van der Waals surface area contributed by atoms with Gasteiger partial charge in [0.15, 0.2) is 5.17 Å². The van der Waals surface area contributed by atoms with Crippen LogP contribution in [0.3, 0.4) is 0 Å². The molecule has 3 N–H and O–H groups in total. The minimum Gasteiger partial charge on any atom is -0.378 e. The molecule has 9 heteroatoms. The summed E-state index contributed by atoms with van der Waals surface area (Å²) in [6.07, 6.45) is -4.79. The molecule has 1 aromatic carbocycles. The normalized spacial score (nSPS) is 19.1. The van der Waals surface area contributed by atoms with E-state index in [0.717, 1.165) is 23.9 Å². The number of hydrogen-bond acceptors (Lipinski definition) is 4. The van der Waals surface area contributed by atoms with Crippen molar-refractivity contribution < 1.29 is 22.8 Å². The van der Waals surface area contributed by atoms with E-state index in [-0.39, 0.29) is 17.3 Å². The van der Waals surface area contributed by atoms with E-state index >= 15 is 0 Å². The number of benzene rings is 1. The summed E-state index contributed by atoms with van der Waals surface area (Å²) in [5.74, 6) is -1.29. The van der Waals surface area contributed by atoms with Gasteiger partial charge in [-0.25, -0.2) is 0 Å². The summed E-state index contributed by atoms with van der Waals surface area (Å²) in [5.41, 5.74) is 4.07. The topological polar surface area (TPSA) is 84.5 Å². The number of para-hydroxylation sites is 1. The van der Waals surface area contributed by atoms with Crippen LogP contribution in [-0.2, 0) is 15.8 Å². The summed E-state index contributed by atoms with van der Waals surface area (Å²) in [7, 11) is 0. The molecule has 1 aromatic rings. The van der Waals surface area contributed by atoms with Crippen molar-refractivity contribution in [2.75, 3.05) is 5.32 Å². The maximum atomic E-state index is 12.8. The van der Waals surface area contributed by atoms with E-state index in [4.69, 9.17) is 5.73 Å². The van der Waals surface area contributed by atoms with Crippen LogP contribution in [0.25, 0.3) is 0 Å². The molecule has 2 rings (SSSR count). The van der Waals surface area contributed by atoms with Crippen molar-refractivity contribution in [3.63, 3.8) is 0 Å². The minimum absolute atomic E-state index is 0.0736. The number of nitrogens with one attached hydrogen (secondary N) is 1. The van der Waals surface area contributed by atoms with E-state index in [2.05, 4.69) is 10.3 Å². The lowest BCUT2D eigenvalue weighted by atomic mass is 10.1. The second-order valence-corrected chi connectivity index (χ2v) is 5.41. The maximum Gasteiger partial charge on any atom is 0.418 e. The standard InChI is InChI=1S/C12H10F3N3O2S/c13-12(14,15)6-3-1-2-4-7(6)17-10(20)8-5-9(19)18-11(16)21-8/h1-4,8H,5H2,(H,17,20)(H2,16,18,19)/t8-/m0/s1. The van der Waals surface area contributed by atoms with Crippen molar-refractivity contribution in [1.29, 1.82) is 0 Å². The number of carbonyl (C=O) groups is 2. The lowest BCUT2D eigenvalue weighted by molar-refractivity contribution is -0.137. The van der Waals surface area contributed by atoms with Gasteiger partial charge in [-0.1, -0.05) is 23.9 Å². The van der Waals surface area contributed by atoms with Crippen LogP contribution in [0.5, 0.6) is 0 Å². The van der Waals surface area contributed by atoms with Gasteiger partial charge in [-0.15, -0.1) is 0 Å². The van der Waals surface area contributed by atoms with E-state index in [1.165, 1.54) is 12.1 Å². The van der Waals surface area contributed by atoms with Gasteiger partial charge in [-0.05, 0) is 12.1 Å². The fourth-order valence-corrected chi connectivity index (χ4v) is 2.58. The Labute approximate surface area is 121 Å². The summed E-state index contributed by atoms with van der Waals surface area (Å²) in [6, 6.07) is 4.61. The van der Waals surface area contributed by atoms with Gasteiger partial charge in [0.05, 0.1) is 17.7 Å². The number of amides is 2. The molecule has 1 heterocycles. The molecule has 2 amide bonds. The summed E-state index contributed by atoms with van der Waals surface area (Å²) in [4.78, 5) is 26.6. The van der Waals surface area contributed by atoms with Crippen LogP contribution in [0.15, 0.2) is 29.3 Å². The maximum absolute atomic E-state index is 12.8. The van der Waals surface area contributed by atoms with Gasteiger partial charge in [-0.3, -0.25) is 9.59 Å². The smallest absolute Gasteiger partial charge is 0.378 e. The van der Waals surface area contributed by atoms with Crippen molar-refractivity contribution in [2.45, 2.75) is 17.8 Å². The molecule has 0 unspecified atom stereocenters. The number of carbonyl (C=O) groups excluding carboxylic acids is 2. The summed E-state index contributed by atoms with van der Waals surface area (Å²) in [5, 5.41) is 1.22. The Morgan fingerprint density at radius 2 is 2.05 bits per heavy atom. The zero-order valence-electron chi connectivity index (χ0n) is 10.5. The van der Waals surface area contributed by atoms with Gasteiger partial charge in [0.2, 0.25) is 11.8 Å². The van der Waals surface area contributed by atoms with Crippen LogP contribution < -0.4 is 11.1 Å². The molecule has 0 spiro atoms. The first-order chi connectivity index (χ1) is 9.77. The van der Waals surface area contributed by atoms with Crippen LogP contribution in [0.2, 0.25) is 0 Å². The van der Waals surface area contributed by atoms with Crippen LogP contribution in [0, 0.1) is 0 Å². The largest absolute Gasteiger partial charge is 0.418 e. The molecule has 5 nitrogen and oxygen atoms in total. The molecule has 1 aliphatic heterocycles. The lowest BCUT2D eigenvalue weighted by Crippen LogP contribution is -2.33. The van der Waals surface area contributed by atoms with E-state index in [9.17, 15) is 22.8 Å². The third-order valence-electron chi connectivity index (χ3n) is 2.64. The Morgan fingerprint density at radius 3 is 2.67 bits per heavy atom. The van der Waals surface area contributed by atoms with Crippen molar-refractivity contribution in [3.05, 3.63) is 29.8 Å². The van der Waals surface area contributed by atoms with Crippen LogP contribution in [0.4, 0.5) is 18.9 Å². The van der Waals surface area contributed by atoms with Crippen LogP contribution >= 0.6 is 11.8 Å². The number of halogens is 3. The molecule has 0 saturated carbocycles. The SMILES string of the molecule is NC1=NC(=O)C[C@@H](C(=O)Nc2ccccc2C(F)(F)F)S1. The van der Waals surface area contributed by atoms with Gasteiger partial charge >= 0.3 is 6.18 Å². The van der Waals surface area contributed by atoms with Gasteiger partial charge in [0.1, 0.15) is 5.25 Å². The molecule has 1 aliphatic rings. The fourth-order valence-electron chi connectivity index (χ4n) is 1.74. The highest BCUT2D eigenvalue weighted by molar-refractivity contribution is 8.15. The number of hydrogen-bond donors (Lipinski definition) is 2. The van der Waals surface area contributed by atoms with Crippen LogP contribution in [0.1, 0.15) is 12.0 Å². The second kappa shape index (κ2) is 5.76. The zero-order chi connectivity index (χ0) is 15.6. The third kappa shape index (κ3) is 3.75. The minimum atomic E-state index is -4.58.